The van der Waals surface area contributed by atoms with Crippen LogP contribution < -0.4 is 41.6 Å². The minimum atomic E-state index is -3.11. The Kier molecular flexibility index (Phi) is 12.2. The van der Waals surface area contributed by atoms with Crippen molar-refractivity contribution in [2.24, 2.45) is 11.3 Å². The van der Waals surface area contributed by atoms with E-state index in [4.69, 9.17) is 8.85 Å². The first-order chi connectivity index (χ1) is 35.2. The lowest BCUT2D eigenvalue weighted by molar-refractivity contribution is 0.177. The quantitative estimate of drug-likeness (QED) is 0.0711. The van der Waals surface area contributed by atoms with E-state index in [2.05, 4.69) is 279 Å². The van der Waals surface area contributed by atoms with Crippen LogP contribution in [0.3, 0.4) is 0 Å². The summed E-state index contributed by atoms with van der Waals surface area (Å²) in [6.45, 7) is 1.05. The molecule has 0 N–H and O–H groups in total. The van der Waals surface area contributed by atoms with Gasteiger partial charge in [-0.15, -0.1) is 0 Å². The van der Waals surface area contributed by atoms with Gasteiger partial charge in [0, 0.05) is 30.5 Å². The molecule has 0 aromatic heterocycles. The molecule has 0 bridgehead atoms. The van der Waals surface area contributed by atoms with Gasteiger partial charge in [-0.1, -0.05) is 279 Å². The summed E-state index contributed by atoms with van der Waals surface area (Å²) in [4.78, 5) is 0. The Morgan fingerprint density at radius 2 is 0.690 bits per heavy atom. The Morgan fingerprint density at radius 3 is 1.08 bits per heavy atom. The van der Waals surface area contributed by atoms with E-state index in [1.165, 1.54) is 75.0 Å². The standard InChI is InChI=1S/C67H56O2Si2/c1-7-27-51(28-8-1)70(52-29-9-2-10-30-52,53-31-11-3-12-32-53)68-49-47-67(65-61-43-23-19-39-57(61)58-40-20-24-44-62(58)65,66-63-45-25-21-41-59(63)60-42-22-26-46-64(60)66)48-50-69-71(54-33-13-4-14-34-54,55-35-15-5-16-36-55)56-37-17-6-18-38-56/h1-46,61,66H,47-50H2. The van der Waals surface area contributed by atoms with Gasteiger partial charge in [0.05, 0.1) is 0 Å². The zero-order valence-corrected chi connectivity index (χ0v) is 41.9. The Hall–Kier alpha value is -7.45. The van der Waals surface area contributed by atoms with Crippen molar-refractivity contribution in [2.75, 3.05) is 13.2 Å². The predicted octanol–water partition coefficient (Wildman–Crippen LogP) is 9.69. The average molecular weight is 949 g/mol. The smallest absolute Gasteiger partial charge is 0.288 e. The van der Waals surface area contributed by atoms with E-state index in [1.54, 1.807) is 0 Å². The van der Waals surface area contributed by atoms with Crippen LogP contribution in [-0.2, 0) is 8.85 Å². The maximum absolute atomic E-state index is 8.07. The molecule has 0 saturated carbocycles. The minimum Gasteiger partial charge on any atom is -0.404 e. The van der Waals surface area contributed by atoms with Crippen molar-refractivity contribution < 1.29 is 8.85 Å². The molecule has 9 aromatic carbocycles. The van der Waals surface area contributed by atoms with Crippen LogP contribution in [-0.4, -0.2) is 29.8 Å². The van der Waals surface area contributed by atoms with Crippen LogP contribution in [0, 0.1) is 11.3 Å². The van der Waals surface area contributed by atoms with Crippen LogP contribution in [0.1, 0.15) is 29.9 Å². The SMILES string of the molecule is C1=CC2=c3ccccc3=C(C(CCO[Si](c3ccccc3)(c3ccccc3)c3ccccc3)(CCO[Si](c3ccccc3)(c3ccccc3)c3ccccc3)C3c4ccccc4-c4ccccc43)C2C=C1. The van der Waals surface area contributed by atoms with E-state index < -0.39 is 22.0 Å². The molecule has 3 aliphatic rings. The highest BCUT2D eigenvalue weighted by molar-refractivity contribution is 7.07. The molecule has 2 nitrogen and oxygen atoms in total. The van der Waals surface area contributed by atoms with E-state index >= 15 is 0 Å². The van der Waals surface area contributed by atoms with E-state index in [1.807, 2.05) is 0 Å². The van der Waals surface area contributed by atoms with E-state index in [9.17, 15) is 0 Å². The molecule has 4 heteroatoms. The maximum atomic E-state index is 8.07. The highest BCUT2D eigenvalue weighted by Gasteiger charge is 2.52. The average Bonchev–Trinajstić information content (AvgIpc) is 3.98. The highest BCUT2D eigenvalue weighted by atomic mass is 28.4. The van der Waals surface area contributed by atoms with Gasteiger partial charge in [0.1, 0.15) is 0 Å². The van der Waals surface area contributed by atoms with Crippen molar-refractivity contribution in [1.82, 2.24) is 0 Å². The Balaban J connectivity index is 1.10. The molecule has 71 heavy (non-hydrogen) atoms. The molecule has 1 unspecified atom stereocenters. The zero-order valence-electron chi connectivity index (χ0n) is 39.9. The zero-order chi connectivity index (χ0) is 47.5. The second-order valence-corrected chi connectivity index (χ2v) is 25.9. The third-order valence-corrected chi connectivity index (χ3v) is 23.8. The van der Waals surface area contributed by atoms with Crippen molar-refractivity contribution >= 4 is 58.9 Å². The number of rotatable bonds is 16. The van der Waals surface area contributed by atoms with Crippen molar-refractivity contribution in [2.45, 2.75) is 18.8 Å². The fourth-order valence-corrected chi connectivity index (χ4v) is 20.5. The molecule has 0 spiro atoms. The Bertz CT molecular complexity index is 3110. The number of fused-ring (bicyclic) bond motifs is 5. The molecule has 344 valence electrons. The second-order valence-electron chi connectivity index (χ2n) is 19.2. The molecule has 1 atom stereocenters. The molecule has 0 fully saturated rings. The summed E-state index contributed by atoms with van der Waals surface area (Å²) in [6.07, 6.45) is 10.8. The fourth-order valence-electron chi connectivity index (χ4n) is 12.7. The van der Waals surface area contributed by atoms with Gasteiger partial charge < -0.3 is 8.85 Å². The van der Waals surface area contributed by atoms with Crippen LogP contribution in [0.4, 0.5) is 0 Å². The van der Waals surface area contributed by atoms with E-state index in [0.29, 0.717) is 13.2 Å². The van der Waals surface area contributed by atoms with Gasteiger partial charge in [0.25, 0.3) is 16.6 Å². The second kappa shape index (κ2) is 19.4. The van der Waals surface area contributed by atoms with Gasteiger partial charge >= 0.3 is 0 Å². The van der Waals surface area contributed by atoms with E-state index in [0.717, 1.165) is 12.8 Å². The fraction of sp³-hybridized carbons (Fsp3) is 0.104. The van der Waals surface area contributed by atoms with Gasteiger partial charge in [-0.3, -0.25) is 0 Å². The summed E-state index contributed by atoms with van der Waals surface area (Å²) < 4.78 is 16.1. The van der Waals surface area contributed by atoms with Crippen molar-refractivity contribution in [3.8, 4) is 11.1 Å². The van der Waals surface area contributed by atoms with Crippen LogP contribution >= 0.6 is 0 Å². The molecule has 0 heterocycles. The monoisotopic (exact) mass is 948 g/mol. The summed E-state index contributed by atoms with van der Waals surface area (Å²) in [5, 5.41) is 10.1. The molecule has 0 aliphatic heterocycles. The van der Waals surface area contributed by atoms with Crippen LogP contribution in [0.25, 0.3) is 22.3 Å². The van der Waals surface area contributed by atoms with Gasteiger partial charge in [0.2, 0.25) is 0 Å². The third-order valence-electron chi connectivity index (χ3n) is 15.6. The third kappa shape index (κ3) is 7.70. The molecular formula is C67H56O2Si2. The van der Waals surface area contributed by atoms with Crippen LogP contribution in [0.2, 0.25) is 0 Å². The predicted molar refractivity (Wildman–Crippen MR) is 300 cm³/mol. The first kappa shape index (κ1) is 44.7. The Labute approximate surface area is 420 Å². The number of benzene rings is 9. The first-order valence-electron chi connectivity index (χ1n) is 25.2. The molecular weight excluding hydrogens is 893 g/mol. The number of hydrogen-bond acceptors (Lipinski definition) is 2. The number of hydrogen-bond donors (Lipinski definition) is 0. The summed E-state index contributed by atoms with van der Waals surface area (Å²) in [7, 11) is -6.22. The molecule has 12 rings (SSSR count). The van der Waals surface area contributed by atoms with Gasteiger partial charge in [-0.05, 0) is 87.8 Å². The largest absolute Gasteiger partial charge is 0.404 e. The molecule has 0 amide bonds. The maximum Gasteiger partial charge on any atom is 0.288 e. The van der Waals surface area contributed by atoms with E-state index in [-0.39, 0.29) is 11.8 Å². The molecule has 0 radical (unpaired) electrons. The van der Waals surface area contributed by atoms with Crippen LogP contribution in [0.5, 0.6) is 0 Å². The lowest BCUT2D eigenvalue weighted by Crippen LogP contribution is -2.69. The minimum absolute atomic E-state index is 0.00583. The van der Waals surface area contributed by atoms with Gasteiger partial charge in [-0.25, -0.2) is 0 Å². The van der Waals surface area contributed by atoms with Crippen molar-refractivity contribution in [3.05, 3.63) is 301 Å². The van der Waals surface area contributed by atoms with Crippen LogP contribution in [0.15, 0.2) is 279 Å². The van der Waals surface area contributed by atoms with Crippen molar-refractivity contribution in [1.29, 1.82) is 0 Å². The summed E-state index contributed by atoms with van der Waals surface area (Å²) >= 11 is 0. The summed E-state index contributed by atoms with van der Waals surface area (Å²) in [5.74, 6) is 0.0855. The van der Waals surface area contributed by atoms with Gasteiger partial charge in [-0.2, -0.15) is 0 Å². The Morgan fingerprint density at radius 1 is 0.352 bits per heavy atom. The van der Waals surface area contributed by atoms with Crippen molar-refractivity contribution in [3.63, 3.8) is 0 Å². The topological polar surface area (TPSA) is 18.5 Å². The normalized spacial score (nSPS) is 15.0. The molecule has 9 aromatic rings. The first-order valence-corrected chi connectivity index (χ1v) is 29.0. The van der Waals surface area contributed by atoms with Gasteiger partial charge in [0.15, 0.2) is 0 Å². The lowest BCUT2D eigenvalue weighted by Gasteiger charge is -2.46. The molecule has 3 aliphatic carbocycles. The number of allylic oxidation sites excluding steroid dienone is 4. The summed E-state index contributed by atoms with van der Waals surface area (Å²) in [5.41, 5.74) is 7.71. The lowest BCUT2D eigenvalue weighted by atomic mass is 9.59. The highest BCUT2D eigenvalue weighted by Crippen LogP contribution is 2.61. The summed E-state index contributed by atoms with van der Waals surface area (Å²) in [6, 6.07) is 94.0. The molecule has 0 saturated heterocycles.